The van der Waals surface area contributed by atoms with Gasteiger partial charge in [0.25, 0.3) is 0 Å². The number of hydrogen-bond donors (Lipinski definition) is 1. The van der Waals surface area contributed by atoms with Crippen LogP contribution in [0.5, 0.6) is 0 Å². The second-order valence-electron chi connectivity index (χ2n) is 10.7. The van der Waals surface area contributed by atoms with E-state index in [1.54, 1.807) is 0 Å². The van der Waals surface area contributed by atoms with E-state index in [-0.39, 0.29) is 5.41 Å². The Morgan fingerprint density at radius 2 is 1.67 bits per heavy atom. The topological polar surface area (TPSA) is 23.2 Å². The molecule has 0 radical (unpaired) electrons. The smallest absolute Gasteiger partial charge is 0.0830 e. The molecule has 0 aromatic carbocycles. The van der Waals surface area contributed by atoms with Gasteiger partial charge in [-0.2, -0.15) is 0 Å². The van der Waals surface area contributed by atoms with E-state index in [1.165, 1.54) is 70.9 Å². The molecule has 2 nitrogen and oxygen atoms in total. The number of rotatable bonds is 2. The van der Waals surface area contributed by atoms with Gasteiger partial charge in [0, 0.05) is 25.0 Å². The fraction of sp³-hybridized carbons (Fsp3) is 1.00. The number of aliphatic hydroxyl groups is 1. The molecular weight excluding hydrogens is 294 g/mol. The first-order valence-corrected chi connectivity index (χ1v) is 10.9. The predicted octanol–water partition coefficient (Wildman–Crippen LogP) is 4.47. The minimum Gasteiger partial charge on any atom is -0.388 e. The Hall–Kier alpha value is -0.0800. The minimum absolute atomic E-state index is 0.189. The Labute approximate surface area is 148 Å². The largest absolute Gasteiger partial charge is 0.388 e. The van der Waals surface area contributed by atoms with Crippen LogP contribution < -0.4 is 0 Å². The minimum atomic E-state index is -0.399. The summed E-state index contributed by atoms with van der Waals surface area (Å²) in [5.74, 6) is 3.67. The van der Waals surface area contributed by atoms with Crippen LogP contribution in [0, 0.1) is 34.5 Å². The van der Waals surface area contributed by atoms with Gasteiger partial charge in [-0.1, -0.05) is 26.7 Å². The maximum Gasteiger partial charge on any atom is 0.0830 e. The van der Waals surface area contributed by atoms with E-state index in [0.717, 1.165) is 36.6 Å². The summed E-state index contributed by atoms with van der Waals surface area (Å²) in [6, 6.07) is 0. The lowest BCUT2D eigenvalue weighted by Gasteiger charge is -2.61. The van der Waals surface area contributed by atoms with Crippen molar-refractivity contribution in [1.29, 1.82) is 0 Å². The van der Waals surface area contributed by atoms with Crippen molar-refractivity contribution in [2.24, 2.45) is 34.5 Å². The maximum atomic E-state index is 11.6. The molecule has 5 fully saturated rings. The highest BCUT2D eigenvalue weighted by Gasteiger charge is 2.64. The van der Waals surface area contributed by atoms with Crippen molar-refractivity contribution in [2.45, 2.75) is 83.7 Å². The van der Waals surface area contributed by atoms with Crippen LogP contribution in [0.4, 0.5) is 0 Å². The van der Waals surface area contributed by atoms with Crippen molar-refractivity contribution < 1.29 is 5.11 Å². The van der Waals surface area contributed by atoms with E-state index < -0.39 is 5.60 Å². The molecule has 0 spiro atoms. The van der Waals surface area contributed by atoms with E-state index in [4.69, 9.17) is 0 Å². The van der Waals surface area contributed by atoms with Crippen LogP contribution in [-0.2, 0) is 0 Å². The monoisotopic (exact) mass is 331 g/mol. The average molecular weight is 332 g/mol. The summed E-state index contributed by atoms with van der Waals surface area (Å²) in [7, 11) is 0. The molecule has 0 aromatic heterocycles. The van der Waals surface area contributed by atoms with E-state index in [2.05, 4.69) is 18.7 Å². The third kappa shape index (κ3) is 2.08. The van der Waals surface area contributed by atoms with Crippen LogP contribution >= 0.6 is 0 Å². The molecular formula is C22H37NO. The number of nitrogens with zero attached hydrogens (tertiary/aromatic N) is 1. The lowest BCUT2D eigenvalue weighted by atomic mass is 9.44. The van der Waals surface area contributed by atoms with Gasteiger partial charge in [0.2, 0.25) is 0 Å². The zero-order valence-corrected chi connectivity index (χ0v) is 15.9. The molecule has 24 heavy (non-hydrogen) atoms. The molecule has 1 saturated heterocycles. The van der Waals surface area contributed by atoms with Crippen LogP contribution in [-0.4, -0.2) is 35.2 Å². The summed E-state index contributed by atoms with van der Waals surface area (Å²) in [6.45, 7) is 8.52. The summed E-state index contributed by atoms with van der Waals surface area (Å²) >= 11 is 0. The van der Waals surface area contributed by atoms with Crippen LogP contribution in [0.2, 0.25) is 0 Å². The third-order valence-electron chi connectivity index (χ3n) is 9.93. The van der Waals surface area contributed by atoms with Gasteiger partial charge in [0.15, 0.2) is 0 Å². The molecule has 0 amide bonds. The van der Waals surface area contributed by atoms with Gasteiger partial charge >= 0.3 is 0 Å². The first kappa shape index (κ1) is 16.1. The average Bonchev–Trinajstić information content (AvgIpc) is 3.32. The molecule has 0 bridgehead atoms. The number of β-amino-alcohol motifs (C(OH)–C–C–N with tert-alkyl or cyclic N) is 1. The molecule has 136 valence electrons. The number of fused-ring (bicyclic) bond motifs is 5. The zero-order chi connectivity index (χ0) is 16.6. The first-order valence-electron chi connectivity index (χ1n) is 10.9. The van der Waals surface area contributed by atoms with Crippen LogP contribution in [0.15, 0.2) is 0 Å². The van der Waals surface area contributed by atoms with Crippen molar-refractivity contribution >= 4 is 0 Å². The highest BCUT2D eigenvalue weighted by atomic mass is 16.3. The van der Waals surface area contributed by atoms with Gasteiger partial charge in [0.1, 0.15) is 0 Å². The fourth-order valence-corrected chi connectivity index (χ4v) is 8.26. The van der Waals surface area contributed by atoms with E-state index in [1.807, 2.05) is 0 Å². The van der Waals surface area contributed by atoms with Gasteiger partial charge in [-0.15, -0.1) is 0 Å². The van der Waals surface area contributed by atoms with Crippen molar-refractivity contribution in [2.75, 3.05) is 19.6 Å². The Bertz CT molecular complexity index is 516. The van der Waals surface area contributed by atoms with Gasteiger partial charge < -0.3 is 5.11 Å². The van der Waals surface area contributed by atoms with E-state index in [0.29, 0.717) is 5.41 Å². The molecule has 5 rings (SSSR count). The summed E-state index contributed by atoms with van der Waals surface area (Å²) in [6.07, 6.45) is 13.9. The van der Waals surface area contributed by atoms with Crippen LogP contribution in [0.1, 0.15) is 78.1 Å². The molecule has 7 atom stereocenters. The molecule has 0 unspecified atom stereocenters. The quantitative estimate of drug-likeness (QED) is 0.755. The SMILES string of the molecule is C[C@]12CCCC[C@H]1CC[C@@H]1[C@H]3CC[C@@](O)(CN4CC4)[C@@]3(C)CC[C@@H]12. The lowest BCUT2D eigenvalue weighted by Crippen LogP contribution is -2.57. The summed E-state index contributed by atoms with van der Waals surface area (Å²) in [5.41, 5.74) is 0.418. The van der Waals surface area contributed by atoms with Gasteiger partial charge in [-0.05, 0) is 80.5 Å². The summed E-state index contributed by atoms with van der Waals surface area (Å²) < 4.78 is 0. The molecule has 1 aliphatic heterocycles. The second-order valence-corrected chi connectivity index (χ2v) is 10.7. The standard InChI is InChI=1S/C22H37NO/c1-20-10-4-3-5-16(20)6-7-17-18(20)8-11-21(2)19(17)9-12-22(21,24)15-23-13-14-23/h16-19,24H,3-15H2,1-2H3/t16-,17-,18-,19+,20-,21-,22+/m0/s1. The summed E-state index contributed by atoms with van der Waals surface area (Å²) in [4.78, 5) is 2.46. The second kappa shape index (κ2) is 5.22. The molecule has 2 heteroatoms. The zero-order valence-electron chi connectivity index (χ0n) is 15.9. The normalized spacial score (nSPS) is 57.1. The number of hydrogen-bond acceptors (Lipinski definition) is 2. The van der Waals surface area contributed by atoms with Gasteiger partial charge in [-0.25, -0.2) is 0 Å². The Morgan fingerprint density at radius 3 is 2.46 bits per heavy atom. The Balaban J connectivity index is 1.43. The molecule has 1 N–H and O–H groups in total. The lowest BCUT2D eigenvalue weighted by molar-refractivity contribution is -0.153. The van der Waals surface area contributed by atoms with Gasteiger partial charge in [-0.3, -0.25) is 4.90 Å². The van der Waals surface area contributed by atoms with Crippen LogP contribution in [0.3, 0.4) is 0 Å². The van der Waals surface area contributed by atoms with Crippen molar-refractivity contribution in [1.82, 2.24) is 4.90 Å². The van der Waals surface area contributed by atoms with Crippen molar-refractivity contribution in [3.63, 3.8) is 0 Å². The van der Waals surface area contributed by atoms with E-state index in [9.17, 15) is 5.11 Å². The summed E-state index contributed by atoms with van der Waals surface area (Å²) in [5, 5.41) is 11.6. The molecule has 0 aromatic rings. The third-order valence-corrected chi connectivity index (χ3v) is 9.93. The van der Waals surface area contributed by atoms with Gasteiger partial charge in [0.05, 0.1) is 5.60 Å². The van der Waals surface area contributed by atoms with Crippen molar-refractivity contribution in [3.05, 3.63) is 0 Å². The molecule has 5 aliphatic rings. The molecule has 4 aliphatic carbocycles. The van der Waals surface area contributed by atoms with Crippen LogP contribution in [0.25, 0.3) is 0 Å². The maximum absolute atomic E-state index is 11.6. The highest BCUT2D eigenvalue weighted by Crippen LogP contribution is 2.68. The predicted molar refractivity (Wildman–Crippen MR) is 97.7 cm³/mol. The molecule has 1 heterocycles. The van der Waals surface area contributed by atoms with Crippen molar-refractivity contribution in [3.8, 4) is 0 Å². The van der Waals surface area contributed by atoms with E-state index >= 15 is 0 Å². The first-order chi connectivity index (χ1) is 11.5. The fourth-order valence-electron chi connectivity index (χ4n) is 8.26. The molecule has 4 saturated carbocycles. The Kier molecular flexibility index (Phi) is 3.51. The highest BCUT2D eigenvalue weighted by molar-refractivity contribution is 5.15. The Morgan fingerprint density at radius 1 is 0.875 bits per heavy atom.